The lowest BCUT2D eigenvalue weighted by atomic mass is 9.98. The third-order valence-electron chi connectivity index (χ3n) is 7.42. The predicted molar refractivity (Wildman–Crippen MR) is 156 cm³/mol. The van der Waals surface area contributed by atoms with Crippen molar-refractivity contribution in [3.63, 3.8) is 0 Å². The largest absolute Gasteiger partial charge is 0.497 e. The van der Waals surface area contributed by atoms with Gasteiger partial charge in [0.1, 0.15) is 5.75 Å². The summed E-state index contributed by atoms with van der Waals surface area (Å²) in [5.74, 6) is 1.53. The van der Waals surface area contributed by atoms with Crippen LogP contribution in [-0.4, -0.2) is 60.3 Å². The summed E-state index contributed by atoms with van der Waals surface area (Å²) in [6.45, 7) is 6.09. The van der Waals surface area contributed by atoms with Crippen molar-refractivity contribution >= 4 is 15.8 Å². The Labute approximate surface area is 240 Å². The maximum Gasteiger partial charge on any atom is 0.263 e. The Balaban J connectivity index is 1.31. The summed E-state index contributed by atoms with van der Waals surface area (Å²) in [7, 11) is -0.0309. The van der Waals surface area contributed by atoms with Gasteiger partial charge in [0.15, 0.2) is 11.6 Å². The van der Waals surface area contributed by atoms with Gasteiger partial charge < -0.3 is 20.1 Å². The molecule has 0 radical (unpaired) electrons. The molecular formula is C29H35N7O4S. The maximum atomic E-state index is 12.8. The molecule has 2 aromatic heterocycles. The smallest absolute Gasteiger partial charge is 0.263 e. The van der Waals surface area contributed by atoms with Crippen LogP contribution in [-0.2, 0) is 16.6 Å². The Kier molecular flexibility index (Phi) is 8.25. The normalized spacial score (nSPS) is 14.7. The van der Waals surface area contributed by atoms with Gasteiger partial charge in [0.2, 0.25) is 10.0 Å². The Bertz CT molecular complexity index is 1610. The number of rotatable bonds is 9. The molecule has 11 nitrogen and oxygen atoms in total. The quantitative estimate of drug-likeness (QED) is 0.301. The van der Waals surface area contributed by atoms with Crippen LogP contribution in [0.4, 0.5) is 5.82 Å². The van der Waals surface area contributed by atoms with Crippen molar-refractivity contribution in [2.45, 2.75) is 44.2 Å². The van der Waals surface area contributed by atoms with Crippen LogP contribution in [0.25, 0.3) is 11.3 Å². The summed E-state index contributed by atoms with van der Waals surface area (Å²) in [5.41, 5.74) is 10.2. The van der Waals surface area contributed by atoms with E-state index in [9.17, 15) is 8.42 Å². The van der Waals surface area contributed by atoms with E-state index < -0.39 is 10.0 Å². The van der Waals surface area contributed by atoms with Gasteiger partial charge in [-0.3, -0.25) is 4.68 Å². The van der Waals surface area contributed by atoms with Gasteiger partial charge in [-0.1, -0.05) is 0 Å². The molecule has 1 aliphatic heterocycles. The van der Waals surface area contributed by atoms with Gasteiger partial charge in [-0.15, -0.1) is 0 Å². The van der Waals surface area contributed by atoms with Crippen LogP contribution in [0, 0.1) is 13.8 Å². The molecule has 4 aromatic rings. The van der Waals surface area contributed by atoms with Crippen molar-refractivity contribution in [3.8, 4) is 28.6 Å². The molecule has 5 rings (SSSR count). The van der Waals surface area contributed by atoms with Crippen molar-refractivity contribution in [2.75, 3.05) is 33.0 Å². The molecule has 12 heteroatoms. The van der Waals surface area contributed by atoms with Crippen molar-refractivity contribution in [3.05, 3.63) is 71.7 Å². The summed E-state index contributed by atoms with van der Waals surface area (Å²) >= 11 is 0. The molecule has 0 unspecified atom stereocenters. The zero-order chi connectivity index (χ0) is 29.1. The van der Waals surface area contributed by atoms with Gasteiger partial charge in [-0.05, 0) is 99.9 Å². The minimum absolute atomic E-state index is 0.148. The minimum Gasteiger partial charge on any atom is -0.497 e. The fourth-order valence-electron chi connectivity index (χ4n) is 4.97. The Hall–Kier alpha value is -4.00. The fourth-order valence-corrected chi connectivity index (χ4v) is 5.96. The number of sulfonamides is 1. The number of ether oxygens (including phenoxy) is 2. The predicted octanol–water partition coefficient (Wildman–Crippen LogP) is 4.09. The molecule has 0 bridgehead atoms. The highest BCUT2D eigenvalue weighted by Crippen LogP contribution is 2.30. The van der Waals surface area contributed by atoms with Crippen molar-refractivity contribution in [1.82, 2.24) is 29.4 Å². The molecule has 2 aromatic carbocycles. The number of anilines is 1. The van der Waals surface area contributed by atoms with E-state index in [1.54, 1.807) is 24.5 Å². The average Bonchev–Trinajstić information content (AvgIpc) is 3.42. The van der Waals surface area contributed by atoms with E-state index in [0.29, 0.717) is 23.2 Å². The minimum atomic E-state index is -3.69. The number of piperidine rings is 1. The zero-order valence-corrected chi connectivity index (χ0v) is 24.5. The van der Waals surface area contributed by atoms with E-state index in [1.807, 2.05) is 36.9 Å². The molecular weight excluding hydrogens is 542 g/mol. The van der Waals surface area contributed by atoms with Gasteiger partial charge in [0, 0.05) is 12.1 Å². The van der Waals surface area contributed by atoms with E-state index >= 15 is 0 Å². The third-order valence-corrected chi connectivity index (χ3v) is 8.84. The lowest BCUT2D eigenvalue weighted by Gasteiger charge is -2.28. The molecule has 1 fully saturated rings. The number of nitrogens with two attached hydrogens (primary N) is 1. The highest BCUT2D eigenvalue weighted by molar-refractivity contribution is 7.89. The molecule has 0 saturated carbocycles. The monoisotopic (exact) mass is 577 g/mol. The van der Waals surface area contributed by atoms with E-state index in [4.69, 9.17) is 15.2 Å². The van der Waals surface area contributed by atoms with Gasteiger partial charge in [-0.25, -0.2) is 23.1 Å². The topological polar surface area (TPSA) is 137 Å². The van der Waals surface area contributed by atoms with Crippen molar-refractivity contribution in [1.29, 1.82) is 0 Å². The van der Waals surface area contributed by atoms with Crippen LogP contribution >= 0.6 is 0 Å². The molecule has 0 aliphatic carbocycles. The average molecular weight is 578 g/mol. The van der Waals surface area contributed by atoms with Crippen molar-refractivity contribution in [2.24, 2.45) is 0 Å². The van der Waals surface area contributed by atoms with E-state index in [1.165, 1.54) is 19.2 Å². The van der Waals surface area contributed by atoms with Gasteiger partial charge in [0.05, 0.1) is 42.3 Å². The number of hydrogen-bond acceptors (Lipinski definition) is 9. The molecule has 0 spiro atoms. The Morgan fingerprint density at radius 3 is 2.39 bits per heavy atom. The summed E-state index contributed by atoms with van der Waals surface area (Å²) < 4.78 is 41.4. The lowest BCUT2D eigenvalue weighted by Crippen LogP contribution is -2.31. The lowest BCUT2D eigenvalue weighted by molar-refractivity contribution is 0.212. The SMILES string of the molecule is COc1ccc(S(=O)(=O)NCc2c(C)cc(-c3cnc(N)c(Oc4cnn(C5CCN(C)CC5)c4)n3)cc2C)cc1. The maximum absolute atomic E-state index is 12.8. The number of hydrogen-bond donors (Lipinski definition) is 2. The first-order valence-corrected chi connectivity index (χ1v) is 14.9. The number of aryl methyl sites for hydroxylation is 2. The standard InChI is InChI=1S/C29H35N7O4S/c1-19-13-21(14-20(2)26(19)16-33-41(37,38)25-7-5-23(39-4)6-8-25)27-17-31-28(30)29(34-27)40-24-15-32-36(18-24)22-9-11-35(3)12-10-22/h5-8,13-15,17-18,22,33H,9-12,16H2,1-4H3,(H2,30,31). The number of nitrogens with zero attached hydrogens (tertiary/aromatic N) is 5. The second kappa shape index (κ2) is 11.9. The number of nitrogens with one attached hydrogen (secondary N) is 1. The summed E-state index contributed by atoms with van der Waals surface area (Å²) in [5, 5.41) is 4.50. The molecule has 0 amide bonds. The zero-order valence-electron chi connectivity index (χ0n) is 23.7. The van der Waals surface area contributed by atoms with Crippen LogP contribution in [0.1, 0.15) is 35.6 Å². The Morgan fingerprint density at radius 1 is 1.05 bits per heavy atom. The molecule has 41 heavy (non-hydrogen) atoms. The van der Waals surface area contributed by atoms with Gasteiger partial charge in [-0.2, -0.15) is 5.10 Å². The van der Waals surface area contributed by atoms with Crippen LogP contribution in [0.3, 0.4) is 0 Å². The van der Waals surface area contributed by atoms with E-state index in [-0.39, 0.29) is 23.1 Å². The number of aromatic nitrogens is 4. The number of methoxy groups -OCH3 is 1. The first-order valence-electron chi connectivity index (χ1n) is 13.4. The molecule has 3 N–H and O–H groups in total. The van der Waals surface area contributed by atoms with Gasteiger partial charge >= 0.3 is 0 Å². The summed E-state index contributed by atoms with van der Waals surface area (Å²) in [6.07, 6.45) is 7.21. The third kappa shape index (κ3) is 6.50. The highest BCUT2D eigenvalue weighted by atomic mass is 32.2. The van der Waals surface area contributed by atoms with E-state index in [2.05, 4.69) is 31.7 Å². The molecule has 216 valence electrons. The van der Waals surface area contributed by atoms with Crippen LogP contribution in [0.15, 0.2) is 59.9 Å². The number of likely N-dealkylation sites (tertiary alicyclic amines) is 1. The van der Waals surface area contributed by atoms with Crippen molar-refractivity contribution < 1.29 is 17.9 Å². The highest BCUT2D eigenvalue weighted by Gasteiger charge is 2.20. The molecule has 0 atom stereocenters. The summed E-state index contributed by atoms with van der Waals surface area (Å²) in [4.78, 5) is 11.4. The number of nitrogen functional groups attached to an aromatic ring is 1. The molecule has 1 aliphatic rings. The van der Waals surface area contributed by atoms with E-state index in [0.717, 1.165) is 48.2 Å². The van der Waals surface area contributed by atoms with Gasteiger partial charge in [0.25, 0.3) is 5.88 Å². The first-order chi connectivity index (χ1) is 19.6. The molecule has 3 heterocycles. The second-order valence-corrected chi connectivity index (χ2v) is 12.1. The van der Waals surface area contributed by atoms with Crippen LogP contribution in [0.2, 0.25) is 0 Å². The second-order valence-electron chi connectivity index (χ2n) is 10.3. The first kappa shape index (κ1) is 28.5. The van der Waals surface area contributed by atoms with Crippen LogP contribution < -0.4 is 19.9 Å². The Morgan fingerprint density at radius 2 is 1.73 bits per heavy atom. The summed E-state index contributed by atoms with van der Waals surface area (Å²) in [6, 6.07) is 10.5. The number of benzene rings is 2. The van der Waals surface area contributed by atoms with Crippen LogP contribution in [0.5, 0.6) is 17.4 Å². The fraction of sp³-hybridized carbons (Fsp3) is 0.345. The molecule has 1 saturated heterocycles.